The summed E-state index contributed by atoms with van der Waals surface area (Å²) in [6.45, 7) is 2.88. The minimum Gasteiger partial charge on any atom is -0.338 e. The smallest absolute Gasteiger partial charge is 0.315 e. The van der Waals surface area contributed by atoms with Crippen molar-refractivity contribution in [2.75, 3.05) is 25.4 Å². The number of hydrogen-bond donors (Lipinski definition) is 3. The molecule has 0 aromatic heterocycles. The molecule has 5 heteroatoms. The van der Waals surface area contributed by atoms with Crippen molar-refractivity contribution in [3.8, 4) is 0 Å². The SMILES string of the molecule is O=C(NCC1CNC1)NC1CCCCS1. The molecule has 0 aromatic rings. The topological polar surface area (TPSA) is 53.2 Å². The van der Waals surface area contributed by atoms with Crippen LogP contribution in [0, 0.1) is 5.92 Å². The highest BCUT2D eigenvalue weighted by atomic mass is 32.2. The van der Waals surface area contributed by atoms with E-state index in [2.05, 4.69) is 16.0 Å². The molecular formula is C10H19N3OS. The normalized spacial score (nSPS) is 26.8. The Bertz CT molecular complexity index is 215. The number of urea groups is 1. The fourth-order valence-corrected chi connectivity index (χ4v) is 2.96. The number of carbonyl (C=O) groups excluding carboxylic acids is 1. The highest BCUT2D eigenvalue weighted by molar-refractivity contribution is 7.99. The average Bonchev–Trinajstić information content (AvgIpc) is 2.17. The van der Waals surface area contributed by atoms with Gasteiger partial charge in [0, 0.05) is 25.6 Å². The van der Waals surface area contributed by atoms with Crippen LogP contribution in [0.1, 0.15) is 19.3 Å². The van der Waals surface area contributed by atoms with Crippen LogP contribution < -0.4 is 16.0 Å². The molecule has 0 saturated carbocycles. The van der Waals surface area contributed by atoms with Crippen molar-refractivity contribution in [1.82, 2.24) is 16.0 Å². The Hall–Kier alpha value is -0.420. The molecule has 4 nitrogen and oxygen atoms in total. The molecule has 0 radical (unpaired) electrons. The monoisotopic (exact) mass is 229 g/mol. The van der Waals surface area contributed by atoms with E-state index in [0.29, 0.717) is 11.3 Å². The molecule has 86 valence electrons. The van der Waals surface area contributed by atoms with E-state index < -0.39 is 0 Å². The third-order valence-electron chi connectivity index (χ3n) is 2.89. The van der Waals surface area contributed by atoms with Crippen LogP contribution in [-0.2, 0) is 0 Å². The maximum atomic E-state index is 11.5. The van der Waals surface area contributed by atoms with E-state index >= 15 is 0 Å². The van der Waals surface area contributed by atoms with Crippen LogP contribution in [0.25, 0.3) is 0 Å². The predicted octanol–water partition coefficient (Wildman–Crippen LogP) is 0.748. The van der Waals surface area contributed by atoms with Gasteiger partial charge in [0.25, 0.3) is 0 Å². The van der Waals surface area contributed by atoms with Gasteiger partial charge in [-0.1, -0.05) is 0 Å². The molecule has 2 fully saturated rings. The molecule has 2 amide bonds. The van der Waals surface area contributed by atoms with Crippen LogP contribution >= 0.6 is 11.8 Å². The number of nitrogens with one attached hydrogen (secondary N) is 3. The minimum absolute atomic E-state index is 0.00120. The van der Waals surface area contributed by atoms with Crippen molar-refractivity contribution in [2.45, 2.75) is 24.6 Å². The number of rotatable bonds is 3. The maximum absolute atomic E-state index is 11.5. The van der Waals surface area contributed by atoms with Gasteiger partial charge in [-0.15, -0.1) is 11.8 Å². The lowest BCUT2D eigenvalue weighted by Gasteiger charge is -2.28. The number of amides is 2. The molecule has 15 heavy (non-hydrogen) atoms. The van der Waals surface area contributed by atoms with Crippen LogP contribution in [-0.4, -0.2) is 36.8 Å². The van der Waals surface area contributed by atoms with Crippen LogP contribution in [0.4, 0.5) is 4.79 Å². The largest absolute Gasteiger partial charge is 0.338 e. The molecule has 2 heterocycles. The van der Waals surface area contributed by atoms with Crippen LogP contribution in [0.3, 0.4) is 0 Å². The van der Waals surface area contributed by atoms with Gasteiger partial charge in [0.2, 0.25) is 0 Å². The lowest BCUT2D eigenvalue weighted by molar-refractivity contribution is 0.234. The van der Waals surface area contributed by atoms with Crippen molar-refractivity contribution in [3.05, 3.63) is 0 Å². The van der Waals surface area contributed by atoms with E-state index in [1.165, 1.54) is 18.6 Å². The van der Waals surface area contributed by atoms with E-state index in [-0.39, 0.29) is 6.03 Å². The first kappa shape index (κ1) is 11.1. The summed E-state index contributed by atoms with van der Waals surface area (Å²) < 4.78 is 0. The number of thioether (sulfide) groups is 1. The lowest BCUT2D eigenvalue weighted by atomic mass is 10.0. The Morgan fingerprint density at radius 2 is 2.27 bits per heavy atom. The van der Waals surface area contributed by atoms with Crippen molar-refractivity contribution in [3.63, 3.8) is 0 Å². The molecule has 2 rings (SSSR count). The highest BCUT2D eigenvalue weighted by Gasteiger charge is 2.19. The van der Waals surface area contributed by atoms with E-state index in [0.717, 1.165) is 26.1 Å². The van der Waals surface area contributed by atoms with Gasteiger partial charge in [0.1, 0.15) is 0 Å². The molecule has 1 atom stereocenters. The summed E-state index contributed by atoms with van der Waals surface area (Å²) in [6.07, 6.45) is 3.64. The average molecular weight is 229 g/mol. The van der Waals surface area contributed by atoms with Gasteiger partial charge in [-0.05, 0) is 25.0 Å². The summed E-state index contributed by atoms with van der Waals surface area (Å²) in [5.41, 5.74) is 0. The molecule has 0 spiro atoms. The lowest BCUT2D eigenvalue weighted by Crippen LogP contribution is -2.50. The summed E-state index contributed by atoms with van der Waals surface area (Å²) in [5, 5.41) is 9.47. The third kappa shape index (κ3) is 3.57. The van der Waals surface area contributed by atoms with Gasteiger partial charge in [-0.3, -0.25) is 0 Å². The van der Waals surface area contributed by atoms with Crippen molar-refractivity contribution in [2.24, 2.45) is 5.92 Å². The molecule has 0 aromatic carbocycles. The molecule has 1 unspecified atom stereocenters. The van der Waals surface area contributed by atoms with Gasteiger partial charge in [-0.2, -0.15) is 0 Å². The van der Waals surface area contributed by atoms with Crippen molar-refractivity contribution < 1.29 is 4.79 Å². The van der Waals surface area contributed by atoms with Crippen LogP contribution in [0.5, 0.6) is 0 Å². The van der Waals surface area contributed by atoms with Gasteiger partial charge < -0.3 is 16.0 Å². The first-order valence-corrected chi connectivity index (χ1v) is 6.76. The second kappa shape index (κ2) is 5.61. The molecule has 2 aliphatic rings. The van der Waals surface area contributed by atoms with E-state index in [9.17, 15) is 4.79 Å². The Kier molecular flexibility index (Phi) is 4.14. The maximum Gasteiger partial charge on any atom is 0.315 e. The van der Waals surface area contributed by atoms with Crippen molar-refractivity contribution >= 4 is 17.8 Å². The number of hydrogen-bond acceptors (Lipinski definition) is 3. The zero-order chi connectivity index (χ0) is 10.5. The zero-order valence-corrected chi connectivity index (χ0v) is 9.74. The molecule has 2 saturated heterocycles. The van der Waals surface area contributed by atoms with Crippen molar-refractivity contribution in [1.29, 1.82) is 0 Å². The van der Waals surface area contributed by atoms with Gasteiger partial charge >= 0.3 is 6.03 Å². The predicted molar refractivity (Wildman–Crippen MR) is 63.0 cm³/mol. The highest BCUT2D eigenvalue weighted by Crippen LogP contribution is 2.22. The minimum atomic E-state index is 0.00120. The number of carbonyl (C=O) groups is 1. The fraction of sp³-hybridized carbons (Fsp3) is 0.900. The quantitative estimate of drug-likeness (QED) is 0.669. The summed E-state index contributed by atoms with van der Waals surface area (Å²) in [6, 6.07) is 0.00120. The molecule has 3 N–H and O–H groups in total. The van der Waals surface area contributed by atoms with E-state index in [1.807, 2.05) is 11.8 Å². The van der Waals surface area contributed by atoms with Gasteiger partial charge in [-0.25, -0.2) is 4.79 Å². The third-order valence-corrected chi connectivity index (χ3v) is 4.17. The van der Waals surface area contributed by atoms with Gasteiger partial charge in [0.05, 0.1) is 5.37 Å². The molecule has 0 aliphatic carbocycles. The van der Waals surface area contributed by atoms with Crippen LogP contribution in [0.2, 0.25) is 0 Å². The first-order valence-electron chi connectivity index (χ1n) is 5.71. The summed E-state index contributed by atoms with van der Waals surface area (Å²) in [5.74, 6) is 1.81. The zero-order valence-electron chi connectivity index (χ0n) is 8.92. The van der Waals surface area contributed by atoms with Gasteiger partial charge in [0.15, 0.2) is 0 Å². The Morgan fingerprint density at radius 1 is 1.40 bits per heavy atom. The second-order valence-electron chi connectivity index (χ2n) is 4.23. The Labute approximate surface area is 94.9 Å². The first-order chi connectivity index (χ1) is 7.34. The molecule has 2 aliphatic heterocycles. The standard InChI is InChI=1S/C10H19N3OS/c14-10(12-7-8-5-11-6-8)13-9-3-1-2-4-15-9/h8-9,11H,1-7H2,(H2,12,13,14). The summed E-state index contributed by atoms with van der Waals surface area (Å²) in [4.78, 5) is 11.5. The van der Waals surface area contributed by atoms with Crippen LogP contribution in [0.15, 0.2) is 0 Å². The summed E-state index contributed by atoms with van der Waals surface area (Å²) >= 11 is 1.86. The van der Waals surface area contributed by atoms with E-state index in [4.69, 9.17) is 0 Å². The molecular weight excluding hydrogens is 210 g/mol. The fourth-order valence-electron chi connectivity index (χ4n) is 1.78. The Balaban J connectivity index is 1.58. The second-order valence-corrected chi connectivity index (χ2v) is 5.54. The summed E-state index contributed by atoms with van der Waals surface area (Å²) in [7, 11) is 0. The van der Waals surface area contributed by atoms with E-state index in [1.54, 1.807) is 0 Å². The Morgan fingerprint density at radius 3 is 2.87 bits per heavy atom. The molecule has 0 bridgehead atoms.